The number of carbonyl (C=O) groups is 7. The lowest BCUT2D eigenvalue weighted by atomic mass is 10.2. The average Bonchev–Trinajstić information content (AvgIpc) is 3.25. The van der Waals surface area contributed by atoms with Crippen LogP contribution in [0.2, 0.25) is 0 Å². The summed E-state index contributed by atoms with van der Waals surface area (Å²) in [5.74, 6) is -2.91. The van der Waals surface area contributed by atoms with Gasteiger partial charge in [-0.15, -0.1) is 0 Å². The molecule has 0 fully saturated rings. The summed E-state index contributed by atoms with van der Waals surface area (Å²) in [4.78, 5) is 76.8. The van der Waals surface area contributed by atoms with Crippen LogP contribution in [0.15, 0.2) is 77.7 Å². The molecule has 3 aromatic carbocycles. The normalized spacial score (nSPS) is 9.00. The molecule has 0 atom stereocenters. The molecule has 0 spiro atoms. The lowest BCUT2D eigenvalue weighted by Gasteiger charge is -2.10. The number of aliphatic carboxylic acids is 2. The highest BCUT2D eigenvalue weighted by Crippen LogP contribution is 2.24. The van der Waals surface area contributed by atoms with Crippen LogP contribution in [0, 0.1) is 0 Å². The van der Waals surface area contributed by atoms with Gasteiger partial charge in [-0.05, 0) is 85.6 Å². The standard InChI is InChI=1S/C18H24N4OS.C16H21N5O6.C2H4O2.3C2H6/c1-3-10-20-18(23)21-15-7-5-9-17(12-15)24-22-16-8-4-6-14(11-16)13-19-2;22-10-20-11-1-3-12(4-2-11)21-16(27)18-8-7-17-14(24)9-19-13(23)5-6-15(25)26;1-2(3)4;3*1-2/h4-9,11-12,19,22H,3,10,13H2,1-2H3,(H2,20,21,23);1-4,10H,5-9H2,(H,17,24)(H,19,23)(H,20,22)(H,25,26)(H2,18,21,27);1H3,(H,3,4);3*1-2H3. The number of benzene rings is 3. The Hall–Kier alpha value is -6.34. The highest BCUT2D eigenvalue weighted by molar-refractivity contribution is 8.00. The van der Waals surface area contributed by atoms with Crippen molar-refractivity contribution in [2.45, 2.75) is 86.1 Å². The van der Waals surface area contributed by atoms with Crippen LogP contribution in [0.5, 0.6) is 0 Å². The fourth-order valence-electron chi connectivity index (χ4n) is 3.94. The van der Waals surface area contributed by atoms with E-state index < -0.39 is 29.8 Å². The Morgan fingerprint density at radius 2 is 1.18 bits per heavy atom. The largest absolute Gasteiger partial charge is 0.481 e. The van der Waals surface area contributed by atoms with Crippen LogP contribution in [0.4, 0.5) is 32.3 Å². The molecule has 0 bridgehead atoms. The molecular formula is C42H67N9O9S. The predicted molar refractivity (Wildman–Crippen MR) is 246 cm³/mol. The third-order valence-electron chi connectivity index (χ3n) is 6.34. The maximum absolute atomic E-state index is 11.7. The zero-order valence-corrected chi connectivity index (χ0v) is 37.6. The SMILES string of the molecule is CC.CC.CC.CC(=O)O.CCCNC(=O)Nc1cccc(SNc2cccc(CNC)c2)c1.O=CNc1ccc(NC(=O)NCCNC(=O)CNC(=O)CCC(=O)O)cc1. The number of carboxylic acid groups (broad SMARTS) is 2. The van der Waals surface area contributed by atoms with Gasteiger partial charge in [-0.3, -0.25) is 24.0 Å². The Balaban J connectivity index is -0.000000912. The number of amides is 7. The van der Waals surface area contributed by atoms with Crippen LogP contribution in [0.3, 0.4) is 0 Å². The van der Waals surface area contributed by atoms with Crippen LogP contribution in [0.1, 0.15) is 80.2 Å². The summed E-state index contributed by atoms with van der Waals surface area (Å²) in [6, 6.07) is 21.8. The summed E-state index contributed by atoms with van der Waals surface area (Å²) >= 11 is 1.52. The predicted octanol–water partition coefficient (Wildman–Crippen LogP) is 6.70. The Kier molecular flexibility index (Phi) is 39.1. The summed E-state index contributed by atoms with van der Waals surface area (Å²) in [6.45, 7) is 16.7. The van der Waals surface area contributed by atoms with E-state index in [1.54, 1.807) is 24.3 Å². The van der Waals surface area contributed by atoms with E-state index in [4.69, 9.17) is 15.0 Å². The number of nitrogens with one attached hydrogen (secondary N) is 9. The minimum Gasteiger partial charge on any atom is -0.481 e. The number of carboxylic acids is 2. The van der Waals surface area contributed by atoms with E-state index in [2.05, 4.69) is 59.4 Å². The van der Waals surface area contributed by atoms with Crippen LogP contribution < -0.4 is 47.3 Å². The Labute approximate surface area is 364 Å². The molecule has 19 heteroatoms. The van der Waals surface area contributed by atoms with Crippen LogP contribution in [0.25, 0.3) is 0 Å². The quantitative estimate of drug-likeness (QED) is 0.0341. The van der Waals surface area contributed by atoms with Gasteiger partial charge >= 0.3 is 18.0 Å². The molecule has 3 aromatic rings. The van der Waals surface area contributed by atoms with Gasteiger partial charge in [0.1, 0.15) is 0 Å². The molecule has 7 amide bonds. The molecule has 0 radical (unpaired) electrons. The van der Waals surface area contributed by atoms with Gasteiger partial charge < -0.3 is 57.5 Å². The highest BCUT2D eigenvalue weighted by atomic mass is 32.2. The number of carbonyl (C=O) groups excluding carboxylic acids is 5. The number of rotatable bonds is 19. The minimum absolute atomic E-state index is 0.152. The van der Waals surface area contributed by atoms with Gasteiger partial charge in [0.25, 0.3) is 5.97 Å². The molecule has 0 saturated heterocycles. The fraction of sp³-hybridized carbons (Fsp3) is 0.405. The van der Waals surface area contributed by atoms with E-state index >= 15 is 0 Å². The van der Waals surface area contributed by atoms with Crippen molar-refractivity contribution >= 4 is 76.9 Å². The topological polar surface area (TPSA) is 268 Å². The Bertz CT molecular complexity index is 1680. The number of urea groups is 2. The summed E-state index contributed by atoms with van der Waals surface area (Å²) in [5.41, 5.74) is 4.17. The molecule has 0 heterocycles. The number of hydrogen-bond donors (Lipinski definition) is 11. The van der Waals surface area contributed by atoms with Crippen molar-refractivity contribution in [3.8, 4) is 0 Å². The molecular weight excluding hydrogens is 807 g/mol. The first-order valence-corrected chi connectivity index (χ1v) is 20.8. The van der Waals surface area contributed by atoms with Gasteiger partial charge in [-0.2, -0.15) is 0 Å². The van der Waals surface area contributed by atoms with Crippen molar-refractivity contribution in [3.05, 3.63) is 78.4 Å². The van der Waals surface area contributed by atoms with Crippen molar-refractivity contribution in [2.75, 3.05) is 53.9 Å². The third kappa shape index (κ3) is 35.3. The molecule has 61 heavy (non-hydrogen) atoms. The van der Waals surface area contributed by atoms with Gasteiger partial charge in [-0.25, -0.2) is 9.59 Å². The van der Waals surface area contributed by atoms with Crippen molar-refractivity contribution < 1.29 is 43.8 Å². The maximum Gasteiger partial charge on any atom is 0.319 e. The summed E-state index contributed by atoms with van der Waals surface area (Å²) < 4.78 is 3.34. The number of anilines is 4. The minimum atomic E-state index is -1.09. The first-order chi connectivity index (χ1) is 29.3. The van der Waals surface area contributed by atoms with Gasteiger partial charge in [0.2, 0.25) is 18.2 Å². The molecule has 0 unspecified atom stereocenters. The monoisotopic (exact) mass is 873 g/mol. The highest BCUT2D eigenvalue weighted by Gasteiger charge is 2.08. The molecule has 0 aliphatic heterocycles. The van der Waals surface area contributed by atoms with Crippen molar-refractivity contribution in [1.82, 2.24) is 26.6 Å². The summed E-state index contributed by atoms with van der Waals surface area (Å²) in [5, 5.41) is 37.0. The van der Waals surface area contributed by atoms with Gasteiger partial charge in [0.05, 0.1) is 13.0 Å². The number of hydrogen-bond acceptors (Lipinski definition) is 10. The van der Waals surface area contributed by atoms with Gasteiger partial charge in [0, 0.05) is 67.2 Å². The second-order valence-electron chi connectivity index (χ2n) is 11.1. The molecule has 18 nitrogen and oxygen atoms in total. The first kappa shape index (κ1) is 59.0. The zero-order valence-electron chi connectivity index (χ0n) is 36.8. The van der Waals surface area contributed by atoms with Crippen LogP contribution in [-0.2, 0) is 30.5 Å². The summed E-state index contributed by atoms with van der Waals surface area (Å²) in [6.07, 6.45) is 0.962. The van der Waals surface area contributed by atoms with E-state index in [0.29, 0.717) is 24.3 Å². The van der Waals surface area contributed by atoms with E-state index in [0.717, 1.165) is 36.2 Å². The van der Waals surface area contributed by atoms with Gasteiger partial charge in [-0.1, -0.05) is 66.7 Å². The van der Waals surface area contributed by atoms with E-state index in [1.165, 1.54) is 17.5 Å². The van der Waals surface area contributed by atoms with E-state index in [-0.39, 0.29) is 38.5 Å². The molecule has 0 aliphatic carbocycles. The van der Waals surface area contributed by atoms with Gasteiger partial charge in [0.15, 0.2) is 0 Å². The molecule has 340 valence electrons. The molecule has 0 aromatic heterocycles. The van der Waals surface area contributed by atoms with Crippen molar-refractivity contribution in [3.63, 3.8) is 0 Å². The Morgan fingerprint density at radius 1 is 0.639 bits per heavy atom. The Morgan fingerprint density at radius 3 is 1.75 bits per heavy atom. The molecule has 11 N–H and O–H groups in total. The van der Waals surface area contributed by atoms with Crippen molar-refractivity contribution in [2.24, 2.45) is 0 Å². The van der Waals surface area contributed by atoms with E-state index in [1.807, 2.05) is 91.9 Å². The van der Waals surface area contributed by atoms with Crippen LogP contribution >= 0.6 is 11.9 Å². The molecule has 0 saturated carbocycles. The third-order valence-corrected chi connectivity index (χ3v) is 7.16. The first-order valence-electron chi connectivity index (χ1n) is 20.0. The maximum atomic E-state index is 11.7. The van der Waals surface area contributed by atoms with Crippen molar-refractivity contribution in [1.29, 1.82) is 0 Å². The fourth-order valence-corrected chi connectivity index (χ4v) is 4.63. The molecule has 0 aliphatic rings. The molecule has 3 rings (SSSR count). The lowest BCUT2D eigenvalue weighted by Crippen LogP contribution is -2.41. The van der Waals surface area contributed by atoms with E-state index in [9.17, 15) is 28.8 Å². The smallest absolute Gasteiger partial charge is 0.319 e. The second kappa shape index (κ2) is 40.4. The summed E-state index contributed by atoms with van der Waals surface area (Å²) in [7, 11) is 1.93. The lowest BCUT2D eigenvalue weighted by molar-refractivity contribution is -0.139. The second-order valence-corrected chi connectivity index (χ2v) is 12.0. The average molecular weight is 874 g/mol. The van der Waals surface area contributed by atoms with Crippen LogP contribution in [-0.4, -0.2) is 85.7 Å². The zero-order chi connectivity index (χ0) is 46.8.